The smallest absolute Gasteiger partial charge is 0.264 e. The molecule has 0 spiro atoms. The van der Waals surface area contributed by atoms with Gasteiger partial charge < -0.3 is 10.6 Å². The second kappa shape index (κ2) is 11.2. The van der Waals surface area contributed by atoms with Crippen LogP contribution in [0.1, 0.15) is 72.1 Å². The van der Waals surface area contributed by atoms with Crippen LogP contribution in [-0.2, 0) is 14.4 Å². The summed E-state index contributed by atoms with van der Waals surface area (Å²) < 4.78 is 3.95. The van der Waals surface area contributed by atoms with Crippen molar-refractivity contribution < 1.29 is 24.0 Å². The zero-order chi connectivity index (χ0) is 24.8. The van der Waals surface area contributed by atoms with E-state index in [0.29, 0.717) is 18.7 Å². The molecule has 3 N–H and O–H groups in total. The number of anilines is 2. The predicted molar refractivity (Wildman–Crippen MR) is 130 cm³/mol. The summed E-state index contributed by atoms with van der Waals surface area (Å²) in [6, 6.07) is 4.06. The first-order valence-corrected chi connectivity index (χ1v) is 12.6. The van der Waals surface area contributed by atoms with Crippen LogP contribution in [0.3, 0.4) is 0 Å². The van der Waals surface area contributed by atoms with E-state index in [-0.39, 0.29) is 29.9 Å². The maximum Gasteiger partial charge on any atom is 0.264 e. The predicted octanol–water partition coefficient (Wildman–Crippen LogP) is 2.94. The number of carbonyl (C=O) groups is 5. The Morgan fingerprint density at radius 1 is 1.09 bits per heavy atom. The average Bonchev–Trinajstić information content (AvgIpc) is 3.43. The molecule has 1 aromatic carbocycles. The van der Waals surface area contributed by atoms with Crippen LogP contribution in [0.2, 0.25) is 0 Å². The van der Waals surface area contributed by atoms with Crippen LogP contribution in [0.5, 0.6) is 0 Å². The van der Waals surface area contributed by atoms with Crippen molar-refractivity contribution in [2.45, 2.75) is 57.4 Å². The number of rotatable bonds is 11. The van der Waals surface area contributed by atoms with E-state index in [1.54, 1.807) is 29.8 Å². The van der Waals surface area contributed by atoms with E-state index in [1.807, 2.05) is 0 Å². The van der Waals surface area contributed by atoms with Crippen molar-refractivity contribution in [2.24, 2.45) is 0 Å². The molecule has 0 aliphatic carbocycles. The van der Waals surface area contributed by atoms with Crippen LogP contribution in [-0.4, -0.2) is 51.4 Å². The molecule has 5 amide bonds. The van der Waals surface area contributed by atoms with Crippen molar-refractivity contribution in [3.63, 3.8) is 0 Å². The molecule has 2 aromatic rings. The number of piperidine rings is 1. The van der Waals surface area contributed by atoms with Crippen LogP contribution >= 0.6 is 11.5 Å². The fourth-order valence-electron chi connectivity index (χ4n) is 4.32. The van der Waals surface area contributed by atoms with Crippen molar-refractivity contribution in [2.75, 3.05) is 17.2 Å². The van der Waals surface area contributed by atoms with Crippen molar-refractivity contribution in [3.8, 4) is 0 Å². The molecule has 10 nitrogen and oxygen atoms in total. The second-order valence-corrected chi connectivity index (χ2v) is 9.24. The van der Waals surface area contributed by atoms with Crippen molar-refractivity contribution >= 4 is 52.4 Å². The largest absolute Gasteiger partial charge is 0.384 e. The zero-order valence-corrected chi connectivity index (χ0v) is 20.0. The van der Waals surface area contributed by atoms with Gasteiger partial charge in [-0.15, -0.1) is 0 Å². The lowest BCUT2D eigenvalue weighted by atomic mass is 10.0. The molecule has 35 heavy (non-hydrogen) atoms. The van der Waals surface area contributed by atoms with Gasteiger partial charge in [0.25, 0.3) is 11.8 Å². The van der Waals surface area contributed by atoms with Gasteiger partial charge in [-0.2, -0.15) is 4.37 Å². The molecule has 1 fully saturated rings. The lowest BCUT2D eigenvalue weighted by Gasteiger charge is -2.27. The number of hydrogen-bond acceptors (Lipinski definition) is 8. The second-order valence-electron chi connectivity index (χ2n) is 8.58. The molecule has 1 saturated heterocycles. The first-order valence-electron chi connectivity index (χ1n) is 11.7. The summed E-state index contributed by atoms with van der Waals surface area (Å²) in [5.74, 6) is -2.05. The molecule has 0 saturated carbocycles. The number of hydrogen-bond donors (Lipinski definition) is 3. The minimum Gasteiger partial charge on any atom is -0.384 e. The van der Waals surface area contributed by atoms with Gasteiger partial charge in [-0.05, 0) is 42.9 Å². The van der Waals surface area contributed by atoms with Crippen molar-refractivity contribution in [3.05, 3.63) is 40.9 Å². The van der Waals surface area contributed by atoms with Gasteiger partial charge in [0.05, 0.1) is 23.0 Å². The summed E-state index contributed by atoms with van der Waals surface area (Å²) in [7, 11) is 0. The van der Waals surface area contributed by atoms with E-state index < -0.39 is 29.7 Å². The summed E-state index contributed by atoms with van der Waals surface area (Å²) >= 11 is 1.30. The van der Waals surface area contributed by atoms with Gasteiger partial charge in [-0.3, -0.25) is 34.2 Å². The maximum atomic E-state index is 13.1. The van der Waals surface area contributed by atoms with E-state index in [9.17, 15) is 24.0 Å². The Morgan fingerprint density at radius 3 is 2.66 bits per heavy atom. The first kappa shape index (κ1) is 24.5. The molecular weight excluding hydrogens is 470 g/mol. The molecule has 11 heteroatoms. The molecule has 3 heterocycles. The zero-order valence-electron chi connectivity index (χ0n) is 19.2. The summed E-state index contributed by atoms with van der Waals surface area (Å²) in [4.78, 5) is 62.5. The van der Waals surface area contributed by atoms with Crippen LogP contribution < -0.4 is 16.0 Å². The van der Waals surface area contributed by atoms with Crippen molar-refractivity contribution in [1.82, 2.24) is 14.6 Å². The number of benzene rings is 1. The summed E-state index contributed by atoms with van der Waals surface area (Å²) in [6.07, 6.45) is 6.92. The standard InChI is InChI=1S/C24H27N5O5S/c30-19(27-15-13-26-35-14-15)9-4-2-1-3-5-12-25-17-8-6-7-16-21(17)24(34)29(23(16)33)18-10-11-20(31)28-22(18)32/h6-8,13-14,18,25H,1-5,9-12H2,(H,27,30)(H,28,31,32). The summed E-state index contributed by atoms with van der Waals surface area (Å²) in [5.41, 5.74) is 1.84. The summed E-state index contributed by atoms with van der Waals surface area (Å²) in [5, 5.41) is 10.1. The van der Waals surface area contributed by atoms with Gasteiger partial charge in [0.15, 0.2) is 0 Å². The highest BCUT2D eigenvalue weighted by Crippen LogP contribution is 2.32. The number of nitrogens with zero attached hydrogens (tertiary/aromatic N) is 2. The monoisotopic (exact) mass is 497 g/mol. The first-order chi connectivity index (χ1) is 17.0. The number of unbranched alkanes of at least 4 members (excludes halogenated alkanes) is 4. The van der Waals surface area contributed by atoms with Gasteiger partial charge >= 0.3 is 0 Å². The highest BCUT2D eigenvalue weighted by atomic mass is 32.1. The Balaban J connectivity index is 1.21. The number of carbonyl (C=O) groups excluding carboxylic acids is 5. The van der Waals surface area contributed by atoms with Gasteiger partial charge in [-0.25, -0.2) is 0 Å². The Labute approximate surface area is 206 Å². The van der Waals surface area contributed by atoms with E-state index in [0.717, 1.165) is 42.7 Å². The Morgan fingerprint density at radius 2 is 1.89 bits per heavy atom. The Kier molecular flexibility index (Phi) is 7.86. The van der Waals surface area contributed by atoms with Crippen LogP contribution in [0, 0.1) is 0 Å². The van der Waals surface area contributed by atoms with E-state index >= 15 is 0 Å². The quantitative estimate of drug-likeness (QED) is 0.321. The minimum absolute atomic E-state index is 0.00429. The molecule has 184 valence electrons. The highest BCUT2D eigenvalue weighted by Gasteiger charge is 2.45. The number of amides is 5. The van der Waals surface area contributed by atoms with Crippen LogP contribution in [0.25, 0.3) is 0 Å². The molecule has 0 radical (unpaired) electrons. The minimum atomic E-state index is -0.975. The third-order valence-corrected chi connectivity index (χ3v) is 6.67. The summed E-state index contributed by atoms with van der Waals surface area (Å²) in [6.45, 7) is 0.627. The lowest BCUT2D eigenvalue weighted by molar-refractivity contribution is -0.136. The van der Waals surface area contributed by atoms with Crippen molar-refractivity contribution in [1.29, 1.82) is 0 Å². The van der Waals surface area contributed by atoms with Gasteiger partial charge in [0, 0.05) is 30.5 Å². The Hall–Kier alpha value is -3.60. The van der Waals surface area contributed by atoms with Crippen LogP contribution in [0.4, 0.5) is 11.4 Å². The normalized spacial score (nSPS) is 17.4. The lowest BCUT2D eigenvalue weighted by Crippen LogP contribution is -2.54. The number of imide groups is 2. The topological polar surface area (TPSA) is 138 Å². The van der Waals surface area contributed by atoms with E-state index in [1.165, 1.54) is 11.5 Å². The van der Waals surface area contributed by atoms with E-state index in [2.05, 4.69) is 20.3 Å². The fourth-order valence-corrected chi connectivity index (χ4v) is 4.78. The molecule has 4 rings (SSSR count). The third-order valence-electron chi connectivity index (χ3n) is 6.08. The van der Waals surface area contributed by atoms with Gasteiger partial charge in [0.1, 0.15) is 6.04 Å². The Bertz CT molecular complexity index is 1130. The molecular formula is C24H27N5O5S. The number of nitrogens with one attached hydrogen (secondary N) is 3. The molecule has 1 unspecified atom stereocenters. The SMILES string of the molecule is O=C1CCC(N2C(=O)c3cccc(NCCCCCCCC(=O)Nc4cnsc4)c3C2=O)C(=O)N1. The molecule has 1 atom stereocenters. The van der Waals surface area contributed by atoms with Gasteiger partial charge in [0.2, 0.25) is 17.7 Å². The molecule has 0 bridgehead atoms. The highest BCUT2D eigenvalue weighted by molar-refractivity contribution is 7.04. The molecule has 2 aliphatic heterocycles. The number of aromatic nitrogens is 1. The molecule has 2 aliphatic rings. The maximum absolute atomic E-state index is 13.1. The average molecular weight is 498 g/mol. The van der Waals surface area contributed by atoms with Gasteiger partial charge in [-0.1, -0.05) is 25.3 Å². The van der Waals surface area contributed by atoms with Crippen LogP contribution in [0.15, 0.2) is 29.8 Å². The van der Waals surface area contributed by atoms with E-state index in [4.69, 9.17) is 0 Å². The molecule has 1 aromatic heterocycles. The fraction of sp³-hybridized carbons (Fsp3) is 0.417. The third kappa shape index (κ3) is 5.73. The number of fused-ring (bicyclic) bond motifs is 1.